The zero-order valence-corrected chi connectivity index (χ0v) is 12.1. The molecule has 2 heterocycles. The van der Waals surface area contributed by atoms with Crippen LogP contribution in [0.3, 0.4) is 0 Å². The second-order valence-electron chi connectivity index (χ2n) is 4.38. The molecule has 9 heteroatoms. The number of ether oxygens (including phenoxy) is 1. The van der Waals surface area contributed by atoms with Gasteiger partial charge in [-0.2, -0.15) is 13.9 Å². The van der Waals surface area contributed by atoms with Gasteiger partial charge >= 0.3 is 6.61 Å². The van der Waals surface area contributed by atoms with Gasteiger partial charge in [-0.15, -0.1) is 0 Å². The molecule has 3 rings (SSSR count). The zero-order valence-electron chi connectivity index (χ0n) is 11.3. The van der Waals surface area contributed by atoms with Crippen molar-refractivity contribution in [1.82, 2.24) is 14.8 Å². The fourth-order valence-corrected chi connectivity index (χ4v) is 2.73. The number of thiazole rings is 1. The molecular formula is C13H10F2N4O2S. The average Bonchev–Trinajstić information content (AvgIpc) is 3.03. The first-order valence-electron chi connectivity index (χ1n) is 6.16. The lowest BCUT2D eigenvalue weighted by atomic mass is 10.3. The number of carbonyl (C=O) groups is 1. The summed E-state index contributed by atoms with van der Waals surface area (Å²) in [6.45, 7) is -2.88. The number of amides is 1. The monoisotopic (exact) mass is 324 g/mol. The lowest BCUT2D eigenvalue weighted by Gasteiger charge is -2.02. The van der Waals surface area contributed by atoms with Crippen molar-refractivity contribution < 1.29 is 18.3 Å². The maximum atomic E-state index is 12.2. The van der Waals surface area contributed by atoms with Gasteiger partial charge < -0.3 is 4.74 Å². The van der Waals surface area contributed by atoms with Gasteiger partial charge in [-0.05, 0) is 18.2 Å². The van der Waals surface area contributed by atoms with Gasteiger partial charge in [-0.1, -0.05) is 11.3 Å². The normalized spacial score (nSPS) is 11.1. The van der Waals surface area contributed by atoms with Gasteiger partial charge in [-0.25, -0.2) is 4.98 Å². The number of fused-ring (bicyclic) bond motifs is 1. The van der Waals surface area contributed by atoms with Crippen molar-refractivity contribution in [3.8, 4) is 5.75 Å². The lowest BCUT2D eigenvalue weighted by Crippen LogP contribution is -2.10. The van der Waals surface area contributed by atoms with Gasteiger partial charge in [0.25, 0.3) is 5.91 Å². The number of carbonyl (C=O) groups excluding carboxylic acids is 1. The SMILES string of the molecule is Cn1cc(C(=O)Nc2nc3ccc(OC(F)F)cc3s2)cn1. The van der Waals surface area contributed by atoms with Crippen molar-refractivity contribution in [1.29, 1.82) is 0 Å². The van der Waals surface area contributed by atoms with Crippen LogP contribution in [-0.2, 0) is 7.05 Å². The Hall–Kier alpha value is -2.55. The summed E-state index contributed by atoms with van der Waals surface area (Å²) in [5.74, 6) is -0.285. The number of nitrogens with zero attached hydrogens (tertiary/aromatic N) is 3. The van der Waals surface area contributed by atoms with E-state index in [2.05, 4.69) is 20.1 Å². The largest absolute Gasteiger partial charge is 0.435 e. The summed E-state index contributed by atoms with van der Waals surface area (Å²) in [7, 11) is 1.71. The first kappa shape index (κ1) is 14.4. The molecule has 0 unspecified atom stereocenters. The van der Waals surface area contributed by atoms with Crippen molar-refractivity contribution in [3.05, 3.63) is 36.2 Å². The molecule has 0 bridgehead atoms. The van der Waals surface area contributed by atoms with Crippen LogP contribution in [0.4, 0.5) is 13.9 Å². The molecule has 0 spiro atoms. The highest BCUT2D eigenvalue weighted by Crippen LogP contribution is 2.30. The molecule has 1 amide bonds. The maximum Gasteiger partial charge on any atom is 0.387 e. The number of aryl methyl sites for hydroxylation is 1. The van der Waals surface area contributed by atoms with E-state index in [9.17, 15) is 13.6 Å². The third-order valence-corrected chi connectivity index (χ3v) is 3.71. The minimum atomic E-state index is -2.88. The number of anilines is 1. The Morgan fingerprint density at radius 1 is 1.45 bits per heavy atom. The van der Waals surface area contributed by atoms with Crippen LogP contribution in [0, 0.1) is 0 Å². The summed E-state index contributed by atoms with van der Waals surface area (Å²) in [6, 6.07) is 4.42. The van der Waals surface area contributed by atoms with E-state index in [1.165, 1.54) is 34.3 Å². The number of hydrogen-bond acceptors (Lipinski definition) is 5. The molecule has 22 heavy (non-hydrogen) atoms. The number of benzene rings is 1. The molecule has 0 aliphatic rings. The molecule has 0 radical (unpaired) electrons. The van der Waals surface area contributed by atoms with E-state index in [-0.39, 0.29) is 11.7 Å². The first-order valence-corrected chi connectivity index (χ1v) is 6.98. The first-order chi connectivity index (χ1) is 10.5. The van der Waals surface area contributed by atoms with E-state index in [1.54, 1.807) is 19.3 Å². The summed E-state index contributed by atoms with van der Waals surface area (Å²) in [5, 5.41) is 6.93. The molecule has 2 aromatic heterocycles. The van der Waals surface area contributed by atoms with E-state index in [1.807, 2.05) is 0 Å². The van der Waals surface area contributed by atoms with E-state index >= 15 is 0 Å². The molecule has 1 aromatic carbocycles. The van der Waals surface area contributed by atoms with Gasteiger partial charge in [0.05, 0.1) is 22.0 Å². The van der Waals surface area contributed by atoms with Crippen LogP contribution in [0.2, 0.25) is 0 Å². The highest BCUT2D eigenvalue weighted by molar-refractivity contribution is 7.22. The Bertz CT molecular complexity index is 830. The van der Waals surface area contributed by atoms with E-state index in [0.29, 0.717) is 20.9 Å². The summed E-state index contributed by atoms with van der Waals surface area (Å²) < 4.78 is 30.9. The second kappa shape index (κ2) is 5.68. The molecule has 0 fully saturated rings. The maximum absolute atomic E-state index is 12.2. The molecule has 6 nitrogen and oxygen atoms in total. The van der Waals surface area contributed by atoms with Crippen molar-refractivity contribution >= 4 is 32.6 Å². The molecule has 0 aliphatic carbocycles. The standard InChI is InChI=1S/C13H10F2N4O2S/c1-19-6-7(5-16-19)11(20)18-13-17-9-3-2-8(21-12(14)15)4-10(9)22-13/h2-6,12H,1H3,(H,17,18,20). The molecule has 1 N–H and O–H groups in total. The Morgan fingerprint density at radius 2 is 2.27 bits per heavy atom. The third-order valence-electron chi connectivity index (χ3n) is 2.77. The van der Waals surface area contributed by atoms with Crippen LogP contribution >= 0.6 is 11.3 Å². The lowest BCUT2D eigenvalue weighted by molar-refractivity contribution is -0.0497. The number of aromatic nitrogens is 3. The van der Waals surface area contributed by atoms with E-state index < -0.39 is 6.61 Å². The minimum absolute atomic E-state index is 0.0521. The minimum Gasteiger partial charge on any atom is -0.435 e. The molecular weight excluding hydrogens is 314 g/mol. The van der Waals surface area contributed by atoms with Crippen LogP contribution < -0.4 is 10.1 Å². The zero-order chi connectivity index (χ0) is 15.7. The predicted octanol–water partition coefficient (Wildman–Crippen LogP) is 2.88. The van der Waals surface area contributed by atoms with Gasteiger partial charge in [0.15, 0.2) is 5.13 Å². The fourth-order valence-electron chi connectivity index (χ4n) is 1.84. The van der Waals surface area contributed by atoms with Gasteiger partial charge in [0.2, 0.25) is 0 Å². The molecule has 0 saturated heterocycles. The quantitative estimate of drug-likeness (QED) is 0.801. The Morgan fingerprint density at radius 3 is 2.95 bits per heavy atom. The summed E-state index contributed by atoms with van der Waals surface area (Å²) in [4.78, 5) is 16.2. The molecule has 3 aromatic rings. The van der Waals surface area contributed by atoms with Gasteiger partial charge in [0.1, 0.15) is 5.75 Å². The number of halogens is 2. The number of alkyl halides is 2. The van der Waals surface area contributed by atoms with Gasteiger partial charge in [0, 0.05) is 13.2 Å². The Labute approximate surface area is 127 Å². The van der Waals surface area contributed by atoms with Crippen LogP contribution in [0.25, 0.3) is 10.2 Å². The summed E-state index contributed by atoms with van der Waals surface area (Å²) in [6.07, 6.45) is 3.02. The summed E-state index contributed by atoms with van der Waals surface area (Å²) in [5.41, 5.74) is 0.997. The molecule has 0 atom stereocenters. The predicted molar refractivity (Wildman–Crippen MR) is 77.4 cm³/mol. The number of nitrogens with one attached hydrogen (secondary N) is 1. The smallest absolute Gasteiger partial charge is 0.387 e. The molecule has 114 valence electrons. The Kier molecular flexibility index (Phi) is 3.72. The van der Waals surface area contributed by atoms with Gasteiger partial charge in [-0.3, -0.25) is 14.8 Å². The van der Waals surface area contributed by atoms with Crippen LogP contribution in [0.15, 0.2) is 30.6 Å². The van der Waals surface area contributed by atoms with Crippen LogP contribution in [0.5, 0.6) is 5.75 Å². The highest BCUT2D eigenvalue weighted by Gasteiger charge is 2.12. The highest BCUT2D eigenvalue weighted by atomic mass is 32.1. The van der Waals surface area contributed by atoms with E-state index in [4.69, 9.17) is 0 Å². The van der Waals surface area contributed by atoms with Crippen molar-refractivity contribution in [2.45, 2.75) is 6.61 Å². The van der Waals surface area contributed by atoms with E-state index in [0.717, 1.165) is 0 Å². The number of hydrogen-bond donors (Lipinski definition) is 1. The third kappa shape index (κ3) is 3.03. The number of rotatable bonds is 4. The van der Waals surface area contributed by atoms with Crippen LogP contribution in [-0.4, -0.2) is 27.3 Å². The van der Waals surface area contributed by atoms with Crippen LogP contribution in [0.1, 0.15) is 10.4 Å². The second-order valence-corrected chi connectivity index (χ2v) is 5.41. The molecule has 0 saturated carbocycles. The fraction of sp³-hybridized carbons (Fsp3) is 0.154. The average molecular weight is 324 g/mol. The van der Waals surface area contributed by atoms with Crippen molar-refractivity contribution in [3.63, 3.8) is 0 Å². The topological polar surface area (TPSA) is 69.0 Å². The van der Waals surface area contributed by atoms with Crippen molar-refractivity contribution in [2.75, 3.05) is 5.32 Å². The summed E-state index contributed by atoms with van der Waals surface area (Å²) >= 11 is 1.17. The molecule has 0 aliphatic heterocycles. The van der Waals surface area contributed by atoms with Crippen molar-refractivity contribution in [2.24, 2.45) is 7.05 Å². The Balaban J connectivity index is 1.81.